The van der Waals surface area contributed by atoms with Crippen LogP contribution in [0.4, 0.5) is 5.69 Å². The highest BCUT2D eigenvalue weighted by molar-refractivity contribution is 6.31. The Morgan fingerprint density at radius 3 is 2.76 bits per heavy atom. The first-order valence-corrected chi connectivity index (χ1v) is 6.01. The third-order valence-corrected chi connectivity index (χ3v) is 3.27. The summed E-state index contributed by atoms with van der Waals surface area (Å²) in [6, 6.07) is 6.02. The first kappa shape index (κ1) is 10.6. The second-order valence-electron chi connectivity index (χ2n) is 4.40. The zero-order valence-electron chi connectivity index (χ0n) is 9.52. The maximum Gasteiger partial charge on any atom is 0.166 e. The van der Waals surface area contributed by atoms with E-state index in [0.717, 1.165) is 17.2 Å². The standard InChI is InChI=1S/C12H13ClN4/c1-7-15-16-12(17(7)9-3-4-9)10-5-2-8(13)6-11(10)14/h2,5-6,9H,3-4,14H2,1H3. The summed E-state index contributed by atoms with van der Waals surface area (Å²) in [6.45, 7) is 1.97. The first-order chi connectivity index (χ1) is 8.16. The number of aromatic nitrogens is 3. The van der Waals surface area contributed by atoms with Crippen molar-refractivity contribution in [2.75, 3.05) is 5.73 Å². The van der Waals surface area contributed by atoms with Crippen LogP contribution < -0.4 is 5.73 Å². The molecule has 1 heterocycles. The Balaban J connectivity index is 2.14. The fourth-order valence-electron chi connectivity index (χ4n) is 2.06. The number of anilines is 1. The van der Waals surface area contributed by atoms with Gasteiger partial charge in [0.15, 0.2) is 5.82 Å². The topological polar surface area (TPSA) is 56.7 Å². The van der Waals surface area contributed by atoms with Crippen molar-refractivity contribution in [1.29, 1.82) is 0 Å². The van der Waals surface area contributed by atoms with Gasteiger partial charge >= 0.3 is 0 Å². The van der Waals surface area contributed by atoms with E-state index in [1.807, 2.05) is 19.1 Å². The number of nitrogens with zero attached hydrogens (tertiary/aromatic N) is 3. The molecule has 0 amide bonds. The Labute approximate surface area is 104 Å². The molecule has 1 aromatic heterocycles. The number of aryl methyl sites for hydroxylation is 1. The lowest BCUT2D eigenvalue weighted by Gasteiger charge is -2.09. The maximum absolute atomic E-state index is 5.99. The molecule has 0 atom stereocenters. The molecule has 0 radical (unpaired) electrons. The Morgan fingerprint density at radius 1 is 1.35 bits per heavy atom. The van der Waals surface area contributed by atoms with Crippen molar-refractivity contribution >= 4 is 17.3 Å². The maximum atomic E-state index is 5.99. The lowest BCUT2D eigenvalue weighted by atomic mass is 10.1. The van der Waals surface area contributed by atoms with E-state index >= 15 is 0 Å². The molecule has 0 spiro atoms. The highest BCUT2D eigenvalue weighted by atomic mass is 35.5. The van der Waals surface area contributed by atoms with Gasteiger partial charge in [-0.2, -0.15) is 0 Å². The minimum Gasteiger partial charge on any atom is -0.398 e. The second-order valence-corrected chi connectivity index (χ2v) is 4.84. The van der Waals surface area contributed by atoms with Crippen LogP contribution in [0.5, 0.6) is 0 Å². The normalized spacial score (nSPS) is 15.2. The number of nitrogens with two attached hydrogens (primary N) is 1. The number of nitrogen functional groups attached to an aromatic ring is 1. The van der Waals surface area contributed by atoms with Crippen molar-refractivity contribution in [2.45, 2.75) is 25.8 Å². The molecule has 3 rings (SSSR count). The van der Waals surface area contributed by atoms with Crippen LogP contribution in [0.25, 0.3) is 11.4 Å². The van der Waals surface area contributed by atoms with Gasteiger partial charge in [-0.25, -0.2) is 0 Å². The zero-order valence-corrected chi connectivity index (χ0v) is 10.3. The molecular formula is C12H13ClN4. The molecule has 0 aliphatic heterocycles. The van der Waals surface area contributed by atoms with Crippen LogP contribution in [-0.4, -0.2) is 14.8 Å². The summed E-state index contributed by atoms with van der Waals surface area (Å²) >= 11 is 5.90. The fraction of sp³-hybridized carbons (Fsp3) is 0.333. The Kier molecular flexibility index (Phi) is 2.33. The summed E-state index contributed by atoms with van der Waals surface area (Å²) in [4.78, 5) is 0. The van der Waals surface area contributed by atoms with Crippen LogP contribution in [0, 0.1) is 6.92 Å². The quantitative estimate of drug-likeness (QED) is 0.832. The highest BCUT2D eigenvalue weighted by Gasteiger charge is 2.29. The summed E-state index contributed by atoms with van der Waals surface area (Å²) in [5.74, 6) is 1.79. The van der Waals surface area contributed by atoms with Crippen molar-refractivity contribution in [3.63, 3.8) is 0 Å². The van der Waals surface area contributed by atoms with Crippen molar-refractivity contribution in [1.82, 2.24) is 14.8 Å². The molecule has 2 aromatic rings. The van der Waals surface area contributed by atoms with Gasteiger partial charge in [-0.15, -0.1) is 10.2 Å². The smallest absolute Gasteiger partial charge is 0.166 e. The summed E-state index contributed by atoms with van der Waals surface area (Å²) in [5.41, 5.74) is 7.54. The van der Waals surface area contributed by atoms with E-state index in [9.17, 15) is 0 Å². The van der Waals surface area contributed by atoms with Crippen LogP contribution in [0.1, 0.15) is 24.7 Å². The van der Waals surface area contributed by atoms with E-state index in [-0.39, 0.29) is 0 Å². The Morgan fingerprint density at radius 2 is 2.12 bits per heavy atom. The molecule has 17 heavy (non-hydrogen) atoms. The monoisotopic (exact) mass is 248 g/mol. The lowest BCUT2D eigenvalue weighted by molar-refractivity contribution is 0.717. The first-order valence-electron chi connectivity index (χ1n) is 5.63. The third-order valence-electron chi connectivity index (χ3n) is 3.03. The number of rotatable bonds is 2. The van der Waals surface area contributed by atoms with Gasteiger partial charge in [0.2, 0.25) is 0 Å². The molecule has 1 fully saturated rings. The molecule has 1 saturated carbocycles. The van der Waals surface area contributed by atoms with Crippen molar-refractivity contribution in [3.8, 4) is 11.4 Å². The van der Waals surface area contributed by atoms with E-state index in [2.05, 4.69) is 14.8 Å². The molecular weight excluding hydrogens is 236 g/mol. The minimum absolute atomic E-state index is 0.537. The van der Waals surface area contributed by atoms with Crippen LogP contribution in [0.3, 0.4) is 0 Å². The van der Waals surface area contributed by atoms with E-state index in [1.165, 1.54) is 12.8 Å². The van der Waals surface area contributed by atoms with Crippen LogP contribution >= 0.6 is 11.6 Å². The minimum atomic E-state index is 0.537. The third kappa shape index (κ3) is 1.78. The van der Waals surface area contributed by atoms with Gasteiger partial charge in [0.05, 0.1) is 0 Å². The van der Waals surface area contributed by atoms with Gasteiger partial charge in [0, 0.05) is 22.3 Å². The SMILES string of the molecule is Cc1nnc(-c2ccc(Cl)cc2N)n1C1CC1. The molecule has 2 N–H and O–H groups in total. The molecule has 0 saturated heterocycles. The van der Waals surface area contributed by atoms with Crippen LogP contribution in [0.15, 0.2) is 18.2 Å². The number of halogens is 1. The predicted molar refractivity (Wildman–Crippen MR) is 67.9 cm³/mol. The van der Waals surface area contributed by atoms with Gasteiger partial charge in [0.25, 0.3) is 0 Å². The molecule has 1 aliphatic carbocycles. The van der Waals surface area contributed by atoms with Gasteiger partial charge in [-0.05, 0) is 38.0 Å². The van der Waals surface area contributed by atoms with E-state index in [0.29, 0.717) is 16.8 Å². The summed E-state index contributed by atoms with van der Waals surface area (Å²) < 4.78 is 2.17. The number of hydrogen-bond donors (Lipinski definition) is 1. The molecule has 5 heteroatoms. The van der Waals surface area contributed by atoms with Crippen LogP contribution in [-0.2, 0) is 0 Å². The molecule has 1 aromatic carbocycles. The summed E-state index contributed by atoms with van der Waals surface area (Å²) in [6.07, 6.45) is 2.39. The lowest BCUT2D eigenvalue weighted by Crippen LogP contribution is -2.01. The van der Waals surface area contributed by atoms with Gasteiger partial charge < -0.3 is 10.3 Å². The van der Waals surface area contributed by atoms with E-state index in [1.54, 1.807) is 6.07 Å². The molecule has 88 valence electrons. The van der Waals surface area contributed by atoms with Crippen molar-refractivity contribution in [2.24, 2.45) is 0 Å². The van der Waals surface area contributed by atoms with Gasteiger partial charge in [-0.3, -0.25) is 0 Å². The summed E-state index contributed by atoms with van der Waals surface area (Å²) in [5, 5.41) is 9.01. The van der Waals surface area contributed by atoms with E-state index < -0.39 is 0 Å². The van der Waals surface area contributed by atoms with Crippen molar-refractivity contribution in [3.05, 3.63) is 29.0 Å². The second kappa shape index (κ2) is 3.74. The summed E-state index contributed by atoms with van der Waals surface area (Å²) in [7, 11) is 0. The predicted octanol–water partition coefficient (Wildman–Crippen LogP) is 2.82. The van der Waals surface area contributed by atoms with Gasteiger partial charge in [0.1, 0.15) is 5.82 Å². The van der Waals surface area contributed by atoms with E-state index in [4.69, 9.17) is 17.3 Å². The number of benzene rings is 1. The van der Waals surface area contributed by atoms with Crippen LogP contribution in [0.2, 0.25) is 5.02 Å². The van der Waals surface area contributed by atoms with Gasteiger partial charge in [-0.1, -0.05) is 11.6 Å². The Hall–Kier alpha value is -1.55. The fourth-order valence-corrected chi connectivity index (χ4v) is 2.24. The molecule has 4 nitrogen and oxygen atoms in total. The zero-order chi connectivity index (χ0) is 12.0. The molecule has 1 aliphatic rings. The average molecular weight is 249 g/mol. The largest absolute Gasteiger partial charge is 0.398 e. The van der Waals surface area contributed by atoms with Crippen molar-refractivity contribution < 1.29 is 0 Å². The number of hydrogen-bond acceptors (Lipinski definition) is 3. The molecule has 0 unspecified atom stereocenters. The Bertz CT molecular complexity index is 572. The average Bonchev–Trinajstić information content (AvgIpc) is 3.03. The molecule has 0 bridgehead atoms. The highest BCUT2D eigenvalue weighted by Crippen LogP contribution is 2.39.